The standard InChI is InChI=1S/C10H11ClN2O5/c1-10(16,9(14)15)5-12-7-3-2-6(11)4-8(7)13(17)18/h2-4,12,16H,5H2,1H3,(H,14,15). The van der Waals surface area contributed by atoms with Crippen LogP contribution in [-0.2, 0) is 4.79 Å². The van der Waals surface area contributed by atoms with Crippen LogP contribution in [0.4, 0.5) is 11.4 Å². The smallest absolute Gasteiger partial charge is 0.337 e. The molecule has 1 aromatic rings. The lowest BCUT2D eigenvalue weighted by molar-refractivity contribution is -0.384. The van der Waals surface area contributed by atoms with Gasteiger partial charge in [0.05, 0.1) is 11.5 Å². The molecule has 7 nitrogen and oxygen atoms in total. The first kappa shape index (κ1) is 14.2. The third kappa shape index (κ3) is 3.31. The van der Waals surface area contributed by atoms with Gasteiger partial charge in [-0.3, -0.25) is 10.1 Å². The largest absolute Gasteiger partial charge is 0.479 e. The van der Waals surface area contributed by atoms with E-state index in [-0.39, 0.29) is 22.9 Å². The summed E-state index contributed by atoms with van der Waals surface area (Å²) < 4.78 is 0. The van der Waals surface area contributed by atoms with Gasteiger partial charge >= 0.3 is 5.97 Å². The van der Waals surface area contributed by atoms with E-state index in [0.717, 1.165) is 13.0 Å². The van der Waals surface area contributed by atoms with Crippen molar-refractivity contribution in [3.05, 3.63) is 33.3 Å². The summed E-state index contributed by atoms with van der Waals surface area (Å²) in [5.74, 6) is -1.42. The number of nitrogens with one attached hydrogen (secondary N) is 1. The number of carboxylic acid groups (broad SMARTS) is 1. The number of nitro groups is 1. The maximum Gasteiger partial charge on any atom is 0.337 e. The summed E-state index contributed by atoms with van der Waals surface area (Å²) in [6, 6.07) is 3.91. The number of benzene rings is 1. The first-order valence-electron chi connectivity index (χ1n) is 4.87. The molecule has 0 heterocycles. The van der Waals surface area contributed by atoms with E-state index >= 15 is 0 Å². The normalized spacial score (nSPS) is 13.7. The lowest BCUT2D eigenvalue weighted by Crippen LogP contribution is -2.41. The number of hydrogen-bond donors (Lipinski definition) is 3. The molecule has 0 aromatic heterocycles. The maximum atomic E-state index is 10.8. The monoisotopic (exact) mass is 274 g/mol. The van der Waals surface area contributed by atoms with Gasteiger partial charge in [0, 0.05) is 11.1 Å². The highest BCUT2D eigenvalue weighted by Crippen LogP contribution is 2.28. The molecule has 0 aliphatic rings. The van der Waals surface area contributed by atoms with Crippen LogP contribution >= 0.6 is 11.6 Å². The second-order valence-corrected chi connectivity index (χ2v) is 4.29. The summed E-state index contributed by atoms with van der Waals surface area (Å²) in [4.78, 5) is 20.8. The molecule has 3 N–H and O–H groups in total. The summed E-state index contributed by atoms with van der Waals surface area (Å²) in [5, 5.41) is 31.6. The molecule has 0 radical (unpaired) electrons. The Kier molecular flexibility index (Phi) is 4.10. The number of hydrogen-bond acceptors (Lipinski definition) is 5. The van der Waals surface area contributed by atoms with Crippen LogP contribution in [0.1, 0.15) is 6.92 Å². The van der Waals surface area contributed by atoms with Crippen molar-refractivity contribution in [2.75, 3.05) is 11.9 Å². The number of carboxylic acids is 1. The van der Waals surface area contributed by atoms with Crippen molar-refractivity contribution >= 4 is 28.9 Å². The number of nitrogens with zero attached hydrogens (tertiary/aromatic N) is 1. The molecule has 0 bridgehead atoms. The SMILES string of the molecule is CC(O)(CNc1ccc(Cl)cc1[N+](=O)[O-])C(=O)O. The van der Waals surface area contributed by atoms with Crippen molar-refractivity contribution in [2.45, 2.75) is 12.5 Å². The minimum Gasteiger partial charge on any atom is -0.479 e. The Hall–Kier alpha value is -1.86. The molecule has 0 aliphatic heterocycles. The predicted molar refractivity (Wildman–Crippen MR) is 64.9 cm³/mol. The summed E-state index contributed by atoms with van der Waals surface area (Å²) in [6.45, 7) is 0.717. The topological polar surface area (TPSA) is 113 Å². The van der Waals surface area contributed by atoms with Crippen LogP contribution in [-0.4, -0.2) is 33.3 Å². The van der Waals surface area contributed by atoms with Gasteiger partial charge in [0.2, 0.25) is 0 Å². The zero-order chi connectivity index (χ0) is 13.9. The van der Waals surface area contributed by atoms with Gasteiger partial charge in [-0.1, -0.05) is 11.6 Å². The van der Waals surface area contributed by atoms with E-state index in [1.165, 1.54) is 12.1 Å². The minimum absolute atomic E-state index is 0.0888. The Balaban J connectivity index is 2.92. The number of aliphatic carboxylic acids is 1. The number of rotatable bonds is 5. The number of aliphatic hydroxyl groups is 1. The summed E-state index contributed by atoms with van der Waals surface area (Å²) in [6.07, 6.45) is 0. The summed E-state index contributed by atoms with van der Waals surface area (Å²) >= 11 is 5.63. The van der Waals surface area contributed by atoms with Crippen LogP contribution in [0.3, 0.4) is 0 Å². The molecule has 1 unspecified atom stereocenters. The summed E-state index contributed by atoms with van der Waals surface area (Å²) in [5.41, 5.74) is -2.22. The van der Waals surface area contributed by atoms with Crippen LogP contribution in [0.15, 0.2) is 18.2 Å². The zero-order valence-electron chi connectivity index (χ0n) is 9.38. The van der Waals surface area contributed by atoms with Crippen molar-refractivity contribution in [1.82, 2.24) is 0 Å². The second kappa shape index (κ2) is 5.19. The van der Waals surface area contributed by atoms with Gasteiger partial charge in [0.15, 0.2) is 5.60 Å². The van der Waals surface area contributed by atoms with Gasteiger partial charge in [-0.15, -0.1) is 0 Å². The molecule has 0 aliphatic carbocycles. The van der Waals surface area contributed by atoms with E-state index in [0.29, 0.717) is 0 Å². The molecule has 8 heteroatoms. The summed E-state index contributed by atoms with van der Waals surface area (Å²) in [7, 11) is 0. The molecule has 0 fully saturated rings. The van der Waals surface area contributed by atoms with Crippen molar-refractivity contribution in [3.63, 3.8) is 0 Å². The Morgan fingerprint density at radius 3 is 2.72 bits per heavy atom. The molecule has 0 saturated heterocycles. The van der Waals surface area contributed by atoms with Crippen molar-refractivity contribution in [3.8, 4) is 0 Å². The van der Waals surface area contributed by atoms with Gasteiger partial charge in [-0.2, -0.15) is 0 Å². The fraction of sp³-hybridized carbons (Fsp3) is 0.300. The molecule has 1 aromatic carbocycles. The Morgan fingerprint density at radius 2 is 2.22 bits per heavy atom. The van der Waals surface area contributed by atoms with Gasteiger partial charge < -0.3 is 15.5 Å². The van der Waals surface area contributed by atoms with Crippen LogP contribution in [0.25, 0.3) is 0 Å². The molecular weight excluding hydrogens is 264 g/mol. The van der Waals surface area contributed by atoms with Crippen molar-refractivity contribution < 1.29 is 19.9 Å². The van der Waals surface area contributed by atoms with E-state index in [1.807, 2.05) is 0 Å². The Labute approximate surface area is 107 Å². The predicted octanol–water partition coefficient (Wildman–Crippen LogP) is 1.50. The van der Waals surface area contributed by atoms with Gasteiger partial charge in [0.1, 0.15) is 5.69 Å². The van der Waals surface area contributed by atoms with E-state index in [2.05, 4.69) is 5.32 Å². The third-order valence-corrected chi connectivity index (χ3v) is 2.48. The lowest BCUT2D eigenvalue weighted by Gasteiger charge is -2.18. The van der Waals surface area contributed by atoms with Crippen molar-refractivity contribution in [2.24, 2.45) is 0 Å². The van der Waals surface area contributed by atoms with Gasteiger partial charge in [-0.05, 0) is 19.1 Å². The first-order chi connectivity index (χ1) is 8.24. The van der Waals surface area contributed by atoms with Gasteiger partial charge in [-0.25, -0.2) is 4.79 Å². The molecule has 1 atom stereocenters. The van der Waals surface area contributed by atoms with Crippen LogP contribution in [0, 0.1) is 10.1 Å². The fourth-order valence-electron chi connectivity index (χ4n) is 1.15. The molecule has 0 saturated carbocycles. The van der Waals surface area contributed by atoms with Crippen LogP contribution in [0.2, 0.25) is 5.02 Å². The molecular formula is C10H11ClN2O5. The molecule has 18 heavy (non-hydrogen) atoms. The number of halogens is 1. The third-order valence-electron chi connectivity index (χ3n) is 2.24. The molecule has 0 spiro atoms. The fourth-order valence-corrected chi connectivity index (χ4v) is 1.31. The first-order valence-corrected chi connectivity index (χ1v) is 5.25. The minimum atomic E-state index is -2.02. The van der Waals surface area contributed by atoms with Crippen LogP contribution in [0.5, 0.6) is 0 Å². The highest BCUT2D eigenvalue weighted by molar-refractivity contribution is 6.30. The molecule has 98 valence electrons. The highest BCUT2D eigenvalue weighted by Gasteiger charge is 2.30. The average molecular weight is 275 g/mol. The van der Waals surface area contributed by atoms with E-state index in [9.17, 15) is 20.0 Å². The van der Waals surface area contributed by atoms with Crippen LogP contribution < -0.4 is 5.32 Å². The Bertz CT molecular complexity index is 489. The highest BCUT2D eigenvalue weighted by atomic mass is 35.5. The average Bonchev–Trinajstić information content (AvgIpc) is 2.27. The van der Waals surface area contributed by atoms with E-state index in [1.54, 1.807) is 0 Å². The lowest BCUT2D eigenvalue weighted by atomic mass is 10.1. The number of carbonyl (C=O) groups is 1. The number of anilines is 1. The van der Waals surface area contributed by atoms with E-state index in [4.69, 9.17) is 16.7 Å². The molecule has 0 amide bonds. The van der Waals surface area contributed by atoms with E-state index < -0.39 is 16.5 Å². The second-order valence-electron chi connectivity index (χ2n) is 3.85. The molecule has 1 rings (SSSR count). The quantitative estimate of drug-likeness (QED) is 0.554. The maximum absolute atomic E-state index is 10.8. The zero-order valence-corrected chi connectivity index (χ0v) is 10.1. The van der Waals surface area contributed by atoms with Gasteiger partial charge in [0.25, 0.3) is 5.69 Å². The number of nitro benzene ring substituents is 1. The Morgan fingerprint density at radius 1 is 1.61 bits per heavy atom. The van der Waals surface area contributed by atoms with Crippen molar-refractivity contribution in [1.29, 1.82) is 0 Å².